The third kappa shape index (κ3) is 4.93. The number of benzene rings is 2. The van der Waals surface area contributed by atoms with Crippen molar-refractivity contribution in [1.29, 1.82) is 5.26 Å². The third-order valence-corrected chi connectivity index (χ3v) is 3.79. The van der Waals surface area contributed by atoms with Crippen molar-refractivity contribution in [2.75, 3.05) is 0 Å². The molecule has 8 heteroatoms. The zero-order valence-electron chi connectivity index (χ0n) is 12.5. The van der Waals surface area contributed by atoms with Crippen LogP contribution in [0.15, 0.2) is 58.7 Å². The number of nitrogens with zero attached hydrogens (tertiary/aromatic N) is 4. The average Bonchev–Trinajstić information content (AvgIpc) is 2.60. The Morgan fingerprint density at radius 2 is 2.08 bits per heavy atom. The number of thioether (sulfide) groups is 1. The van der Waals surface area contributed by atoms with Gasteiger partial charge in [0.15, 0.2) is 5.17 Å². The molecule has 2 rings (SSSR count). The van der Waals surface area contributed by atoms with Crippen LogP contribution in [0.2, 0.25) is 0 Å². The fourth-order valence-electron chi connectivity index (χ4n) is 1.80. The highest BCUT2D eigenvalue weighted by molar-refractivity contribution is 8.13. The predicted molar refractivity (Wildman–Crippen MR) is 94.8 cm³/mol. The molecule has 0 spiro atoms. The van der Waals surface area contributed by atoms with Gasteiger partial charge in [0.25, 0.3) is 5.69 Å². The van der Waals surface area contributed by atoms with E-state index in [1.54, 1.807) is 6.07 Å². The number of nitro groups is 1. The van der Waals surface area contributed by atoms with Crippen LogP contribution < -0.4 is 5.73 Å². The summed E-state index contributed by atoms with van der Waals surface area (Å²) in [6.07, 6.45) is 1.39. The molecule has 0 saturated carbocycles. The minimum Gasteiger partial charge on any atom is -0.377 e. The Hall–Kier alpha value is -3.18. The molecule has 0 unspecified atom stereocenters. The van der Waals surface area contributed by atoms with E-state index < -0.39 is 4.92 Å². The van der Waals surface area contributed by atoms with Crippen LogP contribution in [0.5, 0.6) is 0 Å². The summed E-state index contributed by atoms with van der Waals surface area (Å²) in [5.74, 6) is 0.682. The quantitative estimate of drug-likeness (QED) is 0.389. The third-order valence-electron chi connectivity index (χ3n) is 2.93. The number of hydrogen-bond acceptors (Lipinski definition) is 6. The zero-order valence-corrected chi connectivity index (χ0v) is 13.3. The van der Waals surface area contributed by atoms with Crippen molar-refractivity contribution in [2.45, 2.75) is 5.75 Å². The number of nitro benzene ring substituents is 1. The van der Waals surface area contributed by atoms with E-state index in [0.717, 1.165) is 5.56 Å². The SMILES string of the molecule is N#Cc1cc(C=NN=C(N)SCc2ccccc2)ccc1[N+](=O)[O-]. The molecule has 0 aliphatic carbocycles. The van der Waals surface area contributed by atoms with Crippen LogP contribution >= 0.6 is 11.8 Å². The van der Waals surface area contributed by atoms with Crippen LogP contribution in [0.4, 0.5) is 5.69 Å². The van der Waals surface area contributed by atoms with E-state index >= 15 is 0 Å². The van der Waals surface area contributed by atoms with E-state index in [1.807, 2.05) is 30.3 Å². The molecule has 0 fully saturated rings. The first-order chi connectivity index (χ1) is 11.6. The normalized spacial score (nSPS) is 11.4. The predicted octanol–water partition coefficient (Wildman–Crippen LogP) is 3.05. The number of hydrogen-bond donors (Lipinski definition) is 1. The van der Waals surface area contributed by atoms with Gasteiger partial charge in [-0.2, -0.15) is 10.4 Å². The molecule has 2 aromatic rings. The molecule has 7 nitrogen and oxygen atoms in total. The van der Waals surface area contributed by atoms with Crippen molar-refractivity contribution in [2.24, 2.45) is 15.9 Å². The average molecular weight is 339 g/mol. The maximum absolute atomic E-state index is 10.8. The lowest BCUT2D eigenvalue weighted by Gasteiger charge is -1.99. The second kappa shape index (κ2) is 8.45. The zero-order chi connectivity index (χ0) is 17.4. The summed E-state index contributed by atoms with van der Waals surface area (Å²) < 4.78 is 0. The molecule has 2 aromatic carbocycles. The Bertz CT molecular complexity index is 828. The summed E-state index contributed by atoms with van der Waals surface area (Å²) in [6, 6.07) is 15.7. The first-order valence-corrected chi connectivity index (χ1v) is 7.80. The molecule has 0 bridgehead atoms. The topological polar surface area (TPSA) is 118 Å². The summed E-state index contributed by atoms with van der Waals surface area (Å²) in [6.45, 7) is 0. The van der Waals surface area contributed by atoms with Crippen LogP contribution in [0.3, 0.4) is 0 Å². The lowest BCUT2D eigenvalue weighted by Crippen LogP contribution is -2.06. The van der Waals surface area contributed by atoms with Crippen molar-refractivity contribution >= 4 is 28.8 Å². The van der Waals surface area contributed by atoms with Crippen LogP contribution in [-0.4, -0.2) is 16.3 Å². The molecule has 0 heterocycles. The Kier molecular flexibility index (Phi) is 6.05. The number of rotatable bonds is 5. The molecule has 0 aliphatic rings. The van der Waals surface area contributed by atoms with Gasteiger partial charge in [0.05, 0.1) is 11.1 Å². The van der Waals surface area contributed by atoms with Crippen molar-refractivity contribution in [3.8, 4) is 6.07 Å². The molecule has 0 aliphatic heterocycles. The van der Waals surface area contributed by atoms with Gasteiger partial charge in [0.1, 0.15) is 11.6 Å². The maximum atomic E-state index is 10.8. The number of amidine groups is 1. The monoisotopic (exact) mass is 339 g/mol. The Morgan fingerprint density at radius 3 is 2.75 bits per heavy atom. The summed E-state index contributed by atoms with van der Waals surface area (Å²) in [4.78, 5) is 10.2. The molecule has 120 valence electrons. The van der Waals surface area contributed by atoms with Crippen LogP contribution in [0.1, 0.15) is 16.7 Å². The summed E-state index contributed by atoms with van der Waals surface area (Å²) in [5.41, 5.74) is 7.15. The minimum absolute atomic E-state index is 0.0284. The molecule has 0 radical (unpaired) electrons. The van der Waals surface area contributed by atoms with Crippen LogP contribution in [0.25, 0.3) is 0 Å². The van der Waals surface area contributed by atoms with Crippen molar-refractivity contribution in [3.63, 3.8) is 0 Å². The summed E-state index contributed by atoms with van der Waals surface area (Å²) in [7, 11) is 0. The maximum Gasteiger partial charge on any atom is 0.287 e. The summed E-state index contributed by atoms with van der Waals surface area (Å²) >= 11 is 1.35. The lowest BCUT2D eigenvalue weighted by atomic mass is 10.1. The Balaban J connectivity index is 2.00. The van der Waals surface area contributed by atoms with Gasteiger partial charge in [0.2, 0.25) is 0 Å². The van der Waals surface area contributed by atoms with Crippen molar-refractivity contribution in [1.82, 2.24) is 0 Å². The van der Waals surface area contributed by atoms with E-state index in [4.69, 9.17) is 11.0 Å². The molecule has 24 heavy (non-hydrogen) atoms. The molecule has 0 amide bonds. The first kappa shape index (κ1) is 17.2. The molecule has 0 atom stereocenters. The Morgan fingerprint density at radius 1 is 1.33 bits per heavy atom. The molecule has 0 aromatic heterocycles. The van der Waals surface area contributed by atoms with Gasteiger partial charge >= 0.3 is 0 Å². The fraction of sp³-hybridized carbons (Fsp3) is 0.0625. The summed E-state index contributed by atoms with van der Waals surface area (Å²) in [5, 5.41) is 27.7. The van der Waals surface area contributed by atoms with E-state index in [-0.39, 0.29) is 11.3 Å². The molecular formula is C16H13N5O2S. The highest BCUT2D eigenvalue weighted by Gasteiger charge is 2.12. The van der Waals surface area contributed by atoms with Crippen LogP contribution in [0, 0.1) is 21.4 Å². The highest BCUT2D eigenvalue weighted by Crippen LogP contribution is 2.18. The fourth-order valence-corrected chi connectivity index (χ4v) is 2.41. The first-order valence-electron chi connectivity index (χ1n) is 6.82. The van der Waals surface area contributed by atoms with Crippen molar-refractivity contribution in [3.05, 3.63) is 75.3 Å². The van der Waals surface area contributed by atoms with Gasteiger partial charge in [-0.15, -0.1) is 5.10 Å². The Labute approximate surface area is 142 Å². The van der Waals surface area contributed by atoms with Gasteiger partial charge in [-0.25, -0.2) is 0 Å². The van der Waals surface area contributed by atoms with Gasteiger partial charge in [-0.1, -0.05) is 42.1 Å². The van der Waals surface area contributed by atoms with Gasteiger partial charge in [-0.05, 0) is 23.3 Å². The second-order valence-corrected chi connectivity index (χ2v) is 5.60. The van der Waals surface area contributed by atoms with Gasteiger partial charge in [-0.3, -0.25) is 10.1 Å². The van der Waals surface area contributed by atoms with E-state index in [0.29, 0.717) is 16.5 Å². The second-order valence-electron chi connectivity index (χ2n) is 4.60. The van der Waals surface area contributed by atoms with E-state index in [9.17, 15) is 10.1 Å². The standard InChI is InChI=1S/C16H13N5O2S/c17-9-14-8-13(6-7-15(14)21(22)23)10-19-20-16(18)24-11-12-4-2-1-3-5-12/h1-8,10H,11H2,(H2,18,20). The highest BCUT2D eigenvalue weighted by atomic mass is 32.2. The van der Waals surface area contributed by atoms with E-state index in [1.165, 1.54) is 36.2 Å². The largest absolute Gasteiger partial charge is 0.377 e. The molecular weight excluding hydrogens is 326 g/mol. The minimum atomic E-state index is -0.601. The molecule has 2 N–H and O–H groups in total. The number of nitrogens with two attached hydrogens (primary N) is 1. The van der Waals surface area contributed by atoms with Gasteiger partial charge < -0.3 is 5.73 Å². The lowest BCUT2D eigenvalue weighted by molar-refractivity contribution is -0.385. The van der Waals surface area contributed by atoms with Crippen molar-refractivity contribution < 1.29 is 4.92 Å². The number of nitriles is 1. The van der Waals surface area contributed by atoms with Gasteiger partial charge in [0, 0.05) is 11.8 Å². The molecule has 0 saturated heterocycles. The van der Waals surface area contributed by atoms with Crippen LogP contribution in [-0.2, 0) is 5.75 Å². The smallest absolute Gasteiger partial charge is 0.287 e. The van der Waals surface area contributed by atoms with E-state index in [2.05, 4.69) is 10.2 Å².